The molecule has 6 heteroatoms. The molecule has 2 atom stereocenters. The van der Waals surface area contributed by atoms with Crippen molar-refractivity contribution in [3.05, 3.63) is 29.8 Å². The molecular weight excluding hydrogens is 288 g/mol. The van der Waals surface area contributed by atoms with Crippen molar-refractivity contribution in [3.8, 4) is 0 Å². The fourth-order valence-electron chi connectivity index (χ4n) is 2.34. The van der Waals surface area contributed by atoms with E-state index in [1.54, 1.807) is 13.8 Å². The van der Waals surface area contributed by atoms with Gasteiger partial charge in [-0.25, -0.2) is 0 Å². The minimum Gasteiger partial charge on any atom is -0.480 e. The lowest BCUT2D eigenvalue weighted by Gasteiger charge is -2.31. The first-order valence-corrected chi connectivity index (χ1v) is 7.74. The van der Waals surface area contributed by atoms with E-state index >= 15 is 0 Å². The quantitative estimate of drug-likeness (QED) is 0.789. The standard InChI is InChI=1S/C15H20N2O3S/c1-15(2,12(16)14(19)20)21-11-8-7-9-5-3-4-6-10(9)17-13(11)18/h3-6,11-12H,7-8,16H2,1-2H3,(H,17,18)(H,19,20)/t11?,12-/m0/s1. The summed E-state index contributed by atoms with van der Waals surface area (Å²) in [5.41, 5.74) is 7.67. The number of carboxylic acid groups (broad SMARTS) is 1. The lowest BCUT2D eigenvalue weighted by Crippen LogP contribution is -2.48. The molecule has 2 rings (SSSR count). The molecule has 4 N–H and O–H groups in total. The van der Waals surface area contributed by atoms with Crippen LogP contribution in [-0.4, -0.2) is 33.0 Å². The zero-order valence-electron chi connectivity index (χ0n) is 12.1. The van der Waals surface area contributed by atoms with Crippen LogP contribution in [0.5, 0.6) is 0 Å². The van der Waals surface area contributed by atoms with Crippen molar-refractivity contribution in [3.63, 3.8) is 0 Å². The minimum atomic E-state index is -1.05. The van der Waals surface area contributed by atoms with Crippen LogP contribution in [0.15, 0.2) is 24.3 Å². The number of carbonyl (C=O) groups excluding carboxylic acids is 1. The number of para-hydroxylation sites is 1. The largest absolute Gasteiger partial charge is 0.480 e. The van der Waals surface area contributed by atoms with Crippen molar-refractivity contribution in [1.82, 2.24) is 0 Å². The molecule has 1 amide bonds. The van der Waals surface area contributed by atoms with E-state index < -0.39 is 16.8 Å². The monoisotopic (exact) mass is 308 g/mol. The van der Waals surface area contributed by atoms with Crippen LogP contribution in [0.2, 0.25) is 0 Å². The van der Waals surface area contributed by atoms with Gasteiger partial charge in [-0.05, 0) is 38.3 Å². The second-order valence-corrected chi connectivity index (χ2v) is 7.57. The molecule has 1 aliphatic heterocycles. The number of carboxylic acids is 1. The molecule has 0 aromatic heterocycles. The van der Waals surface area contributed by atoms with Crippen LogP contribution in [0.1, 0.15) is 25.8 Å². The maximum atomic E-state index is 12.3. The van der Waals surface area contributed by atoms with Crippen LogP contribution >= 0.6 is 11.8 Å². The van der Waals surface area contributed by atoms with E-state index in [1.807, 2.05) is 24.3 Å². The van der Waals surface area contributed by atoms with Gasteiger partial charge >= 0.3 is 5.97 Å². The number of aliphatic carboxylic acids is 1. The number of nitrogens with two attached hydrogens (primary N) is 1. The van der Waals surface area contributed by atoms with Crippen LogP contribution in [0.4, 0.5) is 5.69 Å². The highest BCUT2D eigenvalue weighted by atomic mass is 32.2. The first kappa shape index (κ1) is 15.9. The highest BCUT2D eigenvalue weighted by Gasteiger charge is 2.37. The average Bonchev–Trinajstić information content (AvgIpc) is 2.57. The molecule has 0 saturated carbocycles. The summed E-state index contributed by atoms with van der Waals surface area (Å²) >= 11 is 1.33. The third kappa shape index (κ3) is 3.57. The van der Waals surface area contributed by atoms with Gasteiger partial charge in [0.1, 0.15) is 6.04 Å². The Balaban J connectivity index is 2.13. The fraction of sp³-hybridized carbons (Fsp3) is 0.467. The second-order valence-electron chi connectivity index (χ2n) is 5.71. The molecule has 21 heavy (non-hydrogen) atoms. The SMILES string of the molecule is CC(C)(SC1CCc2ccccc2NC1=O)[C@@H](N)C(=O)O. The molecule has 1 aliphatic rings. The fourth-order valence-corrected chi connectivity index (χ4v) is 3.72. The van der Waals surface area contributed by atoms with E-state index in [2.05, 4.69) is 5.32 Å². The lowest BCUT2D eigenvalue weighted by molar-refractivity contribution is -0.139. The third-order valence-electron chi connectivity index (χ3n) is 3.70. The van der Waals surface area contributed by atoms with Crippen LogP contribution in [0.25, 0.3) is 0 Å². The zero-order valence-corrected chi connectivity index (χ0v) is 12.9. The number of carbonyl (C=O) groups is 2. The number of fused-ring (bicyclic) bond motifs is 1. The molecule has 1 heterocycles. The number of hydrogen-bond acceptors (Lipinski definition) is 4. The molecule has 0 radical (unpaired) electrons. The number of aryl methyl sites for hydroxylation is 1. The van der Waals surface area contributed by atoms with Crippen molar-refractivity contribution in [2.24, 2.45) is 5.73 Å². The van der Waals surface area contributed by atoms with Crippen molar-refractivity contribution in [2.45, 2.75) is 42.7 Å². The Labute approximate surface area is 128 Å². The first-order valence-electron chi connectivity index (χ1n) is 6.86. The highest BCUT2D eigenvalue weighted by Crippen LogP contribution is 2.36. The van der Waals surface area contributed by atoms with Crippen LogP contribution in [0.3, 0.4) is 0 Å². The number of anilines is 1. The van der Waals surface area contributed by atoms with Gasteiger partial charge in [-0.1, -0.05) is 18.2 Å². The van der Waals surface area contributed by atoms with Crippen molar-refractivity contribution < 1.29 is 14.7 Å². The Morgan fingerprint density at radius 1 is 1.48 bits per heavy atom. The van der Waals surface area contributed by atoms with Gasteiger partial charge in [0.15, 0.2) is 0 Å². The second kappa shape index (κ2) is 6.07. The number of nitrogens with one attached hydrogen (secondary N) is 1. The van der Waals surface area contributed by atoms with E-state index in [-0.39, 0.29) is 11.2 Å². The maximum Gasteiger partial charge on any atom is 0.321 e. The molecular formula is C15H20N2O3S. The Kier molecular flexibility index (Phi) is 4.58. The van der Waals surface area contributed by atoms with Gasteiger partial charge in [-0.3, -0.25) is 9.59 Å². The van der Waals surface area contributed by atoms with E-state index in [1.165, 1.54) is 11.8 Å². The predicted molar refractivity (Wildman–Crippen MR) is 84.5 cm³/mol. The molecule has 1 aromatic rings. The summed E-state index contributed by atoms with van der Waals surface area (Å²) in [4.78, 5) is 23.4. The van der Waals surface area contributed by atoms with Gasteiger partial charge < -0.3 is 16.2 Å². The normalized spacial score (nSPS) is 20.1. The van der Waals surface area contributed by atoms with Crippen molar-refractivity contribution >= 4 is 29.3 Å². The molecule has 0 fully saturated rings. The molecule has 5 nitrogen and oxygen atoms in total. The summed E-state index contributed by atoms with van der Waals surface area (Å²) < 4.78 is -0.718. The minimum absolute atomic E-state index is 0.0874. The Hall–Kier alpha value is -1.53. The number of hydrogen-bond donors (Lipinski definition) is 3. The van der Waals surface area contributed by atoms with Crippen LogP contribution in [0, 0.1) is 0 Å². The van der Waals surface area contributed by atoms with Crippen molar-refractivity contribution in [1.29, 1.82) is 0 Å². The Morgan fingerprint density at radius 2 is 2.14 bits per heavy atom. The van der Waals surface area contributed by atoms with Gasteiger partial charge in [-0.15, -0.1) is 11.8 Å². The topological polar surface area (TPSA) is 92.4 Å². The van der Waals surface area contributed by atoms with Gasteiger partial charge in [0, 0.05) is 10.4 Å². The van der Waals surface area contributed by atoms with E-state index in [0.717, 1.165) is 17.7 Å². The number of benzene rings is 1. The zero-order chi connectivity index (χ0) is 15.6. The average molecular weight is 308 g/mol. The number of amides is 1. The molecule has 1 unspecified atom stereocenters. The number of thioether (sulfide) groups is 1. The molecule has 0 saturated heterocycles. The Bertz CT molecular complexity index is 560. The molecule has 0 bridgehead atoms. The Morgan fingerprint density at radius 3 is 2.81 bits per heavy atom. The molecule has 114 valence electrons. The summed E-state index contributed by atoms with van der Waals surface area (Å²) in [5, 5.41) is 11.7. The van der Waals surface area contributed by atoms with Gasteiger partial charge in [0.05, 0.1) is 5.25 Å². The van der Waals surface area contributed by atoms with E-state index in [4.69, 9.17) is 10.8 Å². The maximum absolute atomic E-state index is 12.3. The van der Waals surface area contributed by atoms with E-state index in [9.17, 15) is 9.59 Å². The number of rotatable bonds is 4. The summed E-state index contributed by atoms with van der Waals surface area (Å²) in [7, 11) is 0. The van der Waals surface area contributed by atoms with Gasteiger partial charge in [-0.2, -0.15) is 0 Å². The third-order valence-corrected chi connectivity index (χ3v) is 5.30. The van der Waals surface area contributed by atoms with Crippen molar-refractivity contribution in [2.75, 3.05) is 5.32 Å². The lowest BCUT2D eigenvalue weighted by atomic mass is 10.1. The molecule has 1 aromatic carbocycles. The summed E-state index contributed by atoms with van der Waals surface area (Å²) in [5.74, 6) is -1.14. The van der Waals surface area contributed by atoms with Gasteiger partial charge in [0.2, 0.25) is 5.91 Å². The summed E-state index contributed by atoms with van der Waals surface area (Å²) in [6.07, 6.45) is 1.45. The van der Waals surface area contributed by atoms with Crippen LogP contribution < -0.4 is 11.1 Å². The van der Waals surface area contributed by atoms with E-state index in [0.29, 0.717) is 6.42 Å². The first-order chi connectivity index (χ1) is 9.81. The highest BCUT2D eigenvalue weighted by molar-refractivity contribution is 8.02. The van der Waals surface area contributed by atoms with Crippen LogP contribution in [-0.2, 0) is 16.0 Å². The predicted octanol–water partition coefficient (Wildman–Crippen LogP) is 1.86. The smallest absolute Gasteiger partial charge is 0.321 e. The summed E-state index contributed by atoms with van der Waals surface area (Å²) in [6, 6.07) is 6.70. The summed E-state index contributed by atoms with van der Waals surface area (Å²) in [6.45, 7) is 3.53. The molecule has 0 aliphatic carbocycles. The molecule has 0 spiro atoms. The van der Waals surface area contributed by atoms with Gasteiger partial charge in [0.25, 0.3) is 0 Å².